The van der Waals surface area contributed by atoms with Crippen LogP contribution in [0.15, 0.2) is 39.9 Å². The van der Waals surface area contributed by atoms with Gasteiger partial charge >= 0.3 is 23.3 Å². The molecule has 2 aliphatic heterocycles. The number of para-hydroxylation sites is 1. The Labute approximate surface area is 188 Å². The van der Waals surface area contributed by atoms with Gasteiger partial charge in [-0.25, -0.2) is 23.5 Å². The fraction of sp³-hybridized carbons (Fsp3) is 0.583. The van der Waals surface area contributed by atoms with Gasteiger partial charge in [0.15, 0.2) is 0 Å². The number of carbonyl (C=O) groups excluding carboxylic acids is 2. The first-order chi connectivity index (χ1) is 15.9. The molecule has 33 heavy (non-hydrogen) atoms. The minimum Gasteiger partial charge on any atom is -0.466 e. The van der Waals surface area contributed by atoms with Crippen LogP contribution in [0.3, 0.4) is 0 Å². The second-order valence-corrected chi connectivity index (χ2v) is 10.3. The van der Waals surface area contributed by atoms with Gasteiger partial charge in [0, 0.05) is 24.7 Å². The van der Waals surface area contributed by atoms with Gasteiger partial charge in [-0.1, -0.05) is 18.2 Å². The third-order valence-corrected chi connectivity index (χ3v) is 9.45. The Hall–Kier alpha value is -3.10. The minimum absolute atomic E-state index is 0.0828. The molecule has 172 valence electrons. The van der Waals surface area contributed by atoms with E-state index in [2.05, 4.69) is 0 Å². The zero-order valence-electron chi connectivity index (χ0n) is 18.5. The summed E-state index contributed by atoms with van der Waals surface area (Å²) in [5, 5.41) is 0. The lowest BCUT2D eigenvalue weighted by atomic mass is 9.68. The highest BCUT2D eigenvalue weighted by Crippen LogP contribution is 3.03. The van der Waals surface area contributed by atoms with Gasteiger partial charge in [-0.15, -0.1) is 0 Å². The first-order valence-electron chi connectivity index (χ1n) is 11.7. The molecule has 1 aromatic heterocycles. The van der Waals surface area contributed by atoms with Gasteiger partial charge in [0.2, 0.25) is 0 Å². The van der Waals surface area contributed by atoms with E-state index < -0.39 is 0 Å². The number of benzene rings is 1. The summed E-state index contributed by atoms with van der Waals surface area (Å²) < 4.78 is 15.4. The molecule has 0 radical (unpaired) electrons. The van der Waals surface area contributed by atoms with E-state index in [1.807, 2.05) is 18.2 Å². The first-order valence-corrected chi connectivity index (χ1v) is 11.7. The maximum absolute atomic E-state index is 13.6. The lowest BCUT2D eigenvalue weighted by molar-refractivity contribution is -0.144. The standard InChI is InChI=1S/C24H25N3O6/c1-12(28)32-10-8-23-18-15-16-17(15)20(24(18,23)9-11-33-13(2)29)27-22(31)25(14-6-4-3-5-7-14)21(30)26(27)19(16)23/h3-7,15-20H,8-11H2,1-2H3/t15?,16-,17+,18?,19-,20-,23-,24+/m0/s1. The lowest BCUT2D eigenvalue weighted by Crippen LogP contribution is -2.53. The molecule has 2 bridgehead atoms. The molecule has 4 fully saturated rings. The van der Waals surface area contributed by atoms with Gasteiger partial charge < -0.3 is 9.47 Å². The van der Waals surface area contributed by atoms with E-state index in [-0.39, 0.29) is 46.2 Å². The predicted molar refractivity (Wildman–Crippen MR) is 114 cm³/mol. The number of nitrogens with zero attached hydrogens (tertiary/aromatic N) is 3. The summed E-state index contributed by atoms with van der Waals surface area (Å²) in [5.74, 6) is 1.03. The summed E-state index contributed by atoms with van der Waals surface area (Å²) in [6.45, 7) is 3.40. The van der Waals surface area contributed by atoms with Crippen LogP contribution in [0.2, 0.25) is 0 Å². The van der Waals surface area contributed by atoms with E-state index in [1.165, 1.54) is 18.4 Å². The SMILES string of the molecule is CC(=O)OCC[C@]12C3C4[C@@H]5[C@H]4[C@@H]1n1c(=O)n(-c4ccccc4)c(=O)n1[C@@H]5[C@@]32CCOC(C)=O. The number of aromatic nitrogens is 3. The average Bonchev–Trinajstić information content (AvgIpc) is 3.51. The van der Waals surface area contributed by atoms with Crippen molar-refractivity contribution in [1.82, 2.24) is 13.9 Å². The second kappa shape index (κ2) is 5.87. The number of carbonyl (C=O) groups is 2. The molecule has 8 atom stereocenters. The molecule has 3 heterocycles. The van der Waals surface area contributed by atoms with Crippen molar-refractivity contribution >= 4 is 11.9 Å². The summed E-state index contributed by atoms with van der Waals surface area (Å²) in [6, 6.07) is 8.87. The van der Waals surface area contributed by atoms with Crippen LogP contribution >= 0.6 is 0 Å². The maximum Gasteiger partial charge on any atom is 0.352 e. The maximum atomic E-state index is 13.6. The normalized spacial score (nSPS) is 39.2. The number of ether oxygens (including phenoxy) is 2. The highest BCUT2D eigenvalue weighted by Gasteiger charge is 3.02. The topological polar surface area (TPSA) is 102 Å². The van der Waals surface area contributed by atoms with Crippen molar-refractivity contribution in [2.75, 3.05) is 13.2 Å². The monoisotopic (exact) mass is 451 g/mol. The third-order valence-electron chi connectivity index (χ3n) is 9.45. The molecule has 0 N–H and O–H groups in total. The fourth-order valence-corrected chi connectivity index (χ4v) is 8.99. The van der Waals surface area contributed by atoms with Gasteiger partial charge in [0.1, 0.15) is 0 Å². The molecule has 9 heteroatoms. The number of esters is 2. The molecule has 0 amide bonds. The van der Waals surface area contributed by atoms with Crippen molar-refractivity contribution in [1.29, 1.82) is 0 Å². The van der Waals surface area contributed by atoms with E-state index in [0.717, 1.165) is 0 Å². The highest BCUT2D eigenvalue weighted by molar-refractivity contribution is 5.66. The van der Waals surface area contributed by atoms with E-state index in [1.54, 1.807) is 21.5 Å². The van der Waals surface area contributed by atoms with Crippen LogP contribution in [-0.4, -0.2) is 39.1 Å². The summed E-state index contributed by atoms with van der Waals surface area (Å²) in [6.07, 6.45) is 1.32. The van der Waals surface area contributed by atoms with Crippen LogP contribution in [0.25, 0.3) is 5.69 Å². The van der Waals surface area contributed by atoms with Crippen LogP contribution in [0, 0.1) is 34.5 Å². The van der Waals surface area contributed by atoms with Gasteiger partial charge in [-0.05, 0) is 48.6 Å². The number of rotatable bonds is 7. The lowest BCUT2D eigenvalue weighted by Gasteiger charge is -2.48. The predicted octanol–water partition coefficient (Wildman–Crippen LogP) is 1.29. The Bertz CT molecular complexity index is 1260. The first kappa shape index (κ1) is 19.4. The molecule has 4 saturated carbocycles. The van der Waals surface area contributed by atoms with E-state index >= 15 is 0 Å². The largest absolute Gasteiger partial charge is 0.466 e. The number of hydrogen-bond acceptors (Lipinski definition) is 6. The van der Waals surface area contributed by atoms with Crippen molar-refractivity contribution in [2.24, 2.45) is 34.5 Å². The molecule has 2 aromatic rings. The molecule has 0 saturated heterocycles. The molecule has 0 spiro atoms. The highest BCUT2D eigenvalue weighted by atomic mass is 16.5. The third kappa shape index (κ3) is 1.94. The minimum atomic E-state index is -0.318. The summed E-state index contributed by atoms with van der Waals surface area (Å²) in [5.41, 5.74) is -0.414. The molecule has 8 rings (SSSR count). The molecule has 1 aromatic carbocycles. The molecule has 9 nitrogen and oxygen atoms in total. The van der Waals surface area contributed by atoms with Crippen molar-refractivity contribution in [3.63, 3.8) is 0 Å². The zero-order valence-corrected chi connectivity index (χ0v) is 18.5. The Balaban J connectivity index is 1.37. The van der Waals surface area contributed by atoms with Crippen LogP contribution in [0.5, 0.6) is 0 Å². The molecule has 2 unspecified atom stereocenters. The molecular weight excluding hydrogens is 426 g/mol. The Morgan fingerprint density at radius 2 is 1.30 bits per heavy atom. The van der Waals surface area contributed by atoms with Crippen molar-refractivity contribution in [2.45, 2.75) is 38.8 Å². The summed E-state index contributed by atoms with van der Waals surface area (Å²) in [7, 11) is 0. The Morgan fingerprint density at radius 3 is 1.76 bits per heavy atom. The van der Waals surface area contributed by atoms with Crippen molar-refractivity contribution in [3.8, 4) is 5.69 Å². The van der Waals surface area contributed by atoms with E-state index in [9.17, 15) is 19.2 Å². The van der Waals surface area contributed by atoms with Gasteiger partial charge in [-0.2, -0.15) is 0 Å². The van der Waals surface area contributed by atoms with Crippen LogP contribution in [0.4, 0.5) is 0 Å². The van der Waals surface area contributed by atoms with Crippen molar-refractivity contribution in [3.05, 3.63) is 51.3 Å². The summed E-state index contributed by atoms with van der Waals surface area (Å²) in [4.78, 5) is 50.2. The molecular formula is C24H25N3O6. The number of hydrogen-bond donors (Lipinski definition) is 0. The smallest absolute Gasteiger partial charge is 0.352 e. The van der Waals surface area contributed by atoms with E-state index in [0.29, 0.717) is 55.4 Å². The van der Waals surface area contributed by atoms with E-state index in [4.69, 9.17) is 9.47 Å². The summed E-state index contributed by atoms with van der Waals surface area (Å²) >= 11 is 0. The van der Waals surface area contributed by atoms with Crippen molar-refractivity contribution < 1.29 is 19.1 Å². The van der Waals surface area contributed by atoms with Gasteiger partial charge in [0.05, 0.1) is 31.0 Å². The van der Waals surface area contributed by atoms with Gasteiger partial charge in [0.25, 0.3) is 0 Å². The second-order valence-electron chi connectivity index (χ2n) is 10.3. The quantitative estimate of drug-likeness (QED) is 0.588. The Morgan fingerprint density at radius 1 is 0.818 bits per heavy atom. The van der Waals surface area contributed by atoms with Crippen LogP contribution < -0.4 is 11.4 Å². The molecule has 6 aliphatic rings. The average molecular weight is 451 g/mol. The van der Waals surface area contributed by atoms with Crippen LogP contribution in [0.1, 0.15) is 38.8 Å². The fourth-order valence-electron chi connectivity index (χ4n) is 8.99. The molecule has 4 aliphatic carbocycles. The zero-order chi connectivity index (χ0) is 22.9. The van der Waals surface area contributed by atoms with Crippen LogP contribution in [-0.2, 0) is 19.1 Å². The Kier molecular flexibility index (Phi) is 3.45. The van der Waals surface area contributed by atoms with Gasteiger partial charge in [-0.3, -0.25) is 9.59 Å².